The van der Waals surface area contributed by atoms with Crippen LogP contribution in [0.25, 0.3) is 0 Å². The van der Waals surface area contributed by atoms with Crippen molar-refractivity contribution in [2.75, 3.05) is 12.9 Å². The highest BCUT2D eigenvalue weighted by Gasteiger charge is 2.04. The zero-order valence-electron chi connectivity index (χ0n) is 7.09. The average Bonchev–Trinajstić information content (AvgIpc) is 2.17. The summed E-state index contributed by atoms with van der Waals surface area (Å²) in [6.45, 7) is 3.33. The van der Waals surface area contributed by atoms with E-state index in [1.54, 1.807) is 11.8 Å². The molecule has 1 rings (SSSR count). The molecule has 0 saturated heterocycles. The van der Waals surface area contributed by atoms with Gasteiger partial charge in [0.2, 0.25) is 0 Å². The molecule has 0 saturated carbocycles. The van der Waals surface area contributed by atoms with Gasteiger partial charge in [0.15, 0.2) is 0 Å². The van der Waals surface area contributed by atoms with Gasteiger partial charge in [-0.05, 0) is 30.9 Å². The molecule has 0 bridgehead atoms. The number of hydrogen-bond donors (Lipinski definition) is 0. The maximum atomic E-state index is 12.2. The van der Waals surface area contributed by atoms with Crippen LogP contribution in [0.1, 0.15) is 11.5 Å². The minimum atomic E-state index is -0.391. The van der Waals surface area contributed by atoms with E-state index in [2.05, 4.69) is 6.92 Å². The Morgan fingerprint density at radius 2 is 2.33 bits per heavy atom. The normalized spacial score (nSPS) is 12.9. The third kappa shape index (κ3) is 2.24. The summed E-state index contributed by atoms with van der Waals surface area (Å²) in [6, 6.07) is 7.85. The molecule has 1 aromatic carbocycles. The zero-order chi connectivity index (χ0) is 8.97. The fourth-order valence-corrected chi connectivity index (χ4v) is 1.45. The van der Waals surface area contributed by atoms with Crippen molar-refractivity contribution in [1.82, 2.24) is 0 Å². The first kappa shape index (κ1) is 9.59. The molecule has 2 heteroatoms. The summed E-state index contributed by atoms with van der Waals surface area (Å²) < 4.78 is 12.2. The molecule has 0 heterocycles. The van der Waals surface area contributed by atoms with Gasteiger partial charge in [-0.2, -0.15) is 0 Å². The molecule has 1 radical (unpaired) electrons. The second-order valence-corrected chi connectivity index (χ2v) is 3.51. The Balaban J connectivity index is 2.86. The van der Waals surface area contributed by atoms with E-state index in [0.717, 1.165) is 10.5 Å². The number of thioether (sulfide) groups is 1. The van der Waals surface area contributed by atoms with Crippen LogP contribution in [0.4, 0.5) is 4.39 Å². The highest BCUT2D eigenvalue weighted by Crippen LogP contribution is 2.21. The Morgan fingerprint density at radius 1 is 1.58 bits per heavy atom. The van der Waals surface area contributed by atoms with Gasteiger partial charge in [0, 0.05) is 10.8 Å². The van der Waals surface area contributed by atoms with Crippen molar-refractivity contribution < 1.29 is 4.39 Å². The Bertz CT molecular complexity index is 247. The lowest BCUT2D eigenvalue weighted by molar-refractivity contribution is 0.465. The van der Waals surface area contributed by atoms with Crippen LogP contribution >= 0.6 is 11.8 Å². The van der Waals surface area contributed by atoms with Gasteiger partial charge in [0.25, 0.3) is 0 Å². The van der Waals surface area contributed by atoms with Crippen molar-refractivity contribution in [2.24, 2.45) is 0 Å². The van der Waals surface area contributed by atoms with Crippen LogP contribution < -0.4 is 0 Å². The molecule has 0 aliphatic heterocycles. The van der Waals surface area contributed by atoms with Gasteiger partial charge in [0.05, 0.1) is 6.67 Å². The first-order valence-electron chi connectivity index (χ1n) is 3.81. The van der Waals surface area contributed by atoms with Crippen LogP contribution in [-0.4, -0.2) is 12.9 Å². The maximum absolute atomic E-state index is 12.2. The monoisotopic (exact) mass is 183 g/mol. The van der Waals surface area contributed by atoms with Crippen LogP contribution in [0.15, 0.2) is 29.2 Å². The Hall–Kier alpha value is -0.500. The van der Waals surface area contributed by atoms with Gasteiger partial charge in [-0.1, -0.05) is 12.1 Å². The SMILES string of the molecule is [CH2]C(CF)c1cccc(SC)c1. The Kier molecular flexibility index (Phi) is 3.60. The predicted molar refractivity (Wildman–Crippen MR) is 52.3 cm³/mol. The average molecular weight is 183 g/mol. The molecule has 0 fully saturated rings. The Morgan fingerprint density at radius 3 is 2.92 bits per heavy atom. The van der Waals surface area contributed by atoms with Crippen LogP contribution in [0.5, 0.6) is 0 Å². The molecular formula is C10H12FS. The second kappa shape index (κ2) is 4.51. The van der Waals surface area contributed by atoms with Gasteiger partial charge in [-0.25, -0.2) is 0 Å². The number of benzene rings is 1. The summed E-state index contributed by atoms with van der Waals surface area (Å²) in [5.41, 5.74) is 0.976. The van der Waals surface area contributed by atoms with Crippen molar-refractivity contribution in [3.8, 4) is 0 Å². The summed E-state index contributed by atoms with van der Waals surface area (Å²) in [5, 5.41) is 0. The van der Waals surface area contributed by atoms with Gasteiger partial charge in [-0.15, -0.1) is 11.8 Å². The Labute approximate surface area is 77.2 Å². The van der Waals surface area contributed by atoms with E-state index in [1.165, 1.54) is 0 Å². The summed E-state index contributed by atoms with van der Waals surface area (Å²) in [7, 11) is 0. The highest BCUT2D eigenvalue weighted by molar-refractivity contribution is 7.98. The standard InChI is InChI=1S/C10H12FS/c1-8(7-11)9-4-3-5-10(6-9)12-2/h3-6,8H,1,7H2,2H3. The van der Waals surface area contributed by atoms with E-state index >= 15 is 0 Å². The third-order valence-electron chi connectivity index (χ3n) is 1.75. The second-order valence-electron chi connectivity index (χ2n) is 2.63. The first-order chi connectivity index (χ1) is 5.77. The van der Waals surface area contributed by atoms with Crippen molar-refractivity contribution in [3.05, 3.63) is 36.8 Å². The third-order valence-corrected chi connectivity index (χ3v) is 2.48. The van der Waals surface area contributed by atoms with E-state index < -0.39 is 6.67 Å². The molecule has 0 N–H and O–H groups in total. The van der Waals surface area contributed by atoms with Crippen molar-refractivity contribution in [2.45, 2.75) is 10.8 Å². The van der Waals surface area contributed by atoms with Crippen LogP contribution in [-0.2, 0) is 0 Å². The predicted octanol–water partition coefficient (Wildman–Crippen LogP) is 3.30. The molecule has 1 unspecified atom stereocenters. The molecule has 0 amide bonds. The molecule has 1 aromatic rings. The van der Waals surface area contributed by atoms with E-state index in [9.17, 15) is 4.39 Å². The van der Waals surface area contributed by atoms with Crippen molar-refractivity contribution >= 4 is 11.8 Å². The lowest BCUT2D eigenvalue weighted by atomic mass is 10.0. The molecule has 0 aliphatic carbocycles. The van der Waals surface area contributed by atoms with E-state index in [-0.39, 0.29) is 5.92 Å². The van der Waals surface area contributed by atoms with Crippen LogP contribution in [0, 0.1) is 6.92 Å². The van der Waals surface area contributed by atoms with Crippen LogP contribution in [0.2, 0.25) is 0 Å². The lowest BCUT2D eigenvalue weighted by Crippen LogP contribution is -1.95. The summed E-state index contributed by atoms with van der Waals surface area (Å²) in [5.74, 6) is -0.225. The summed E-state index contributed by atoms with van der Waals surface area (Å²) in [4.78, 5) is 1.16. The van der Waals surface area contributed by atoms with Gasteiger partial charge < -0.3 is 0 Å². The van der Waals surface area contributed by atoms with Crippen molar-refractivity contribution in [3.63, 3.8) is 0 Å². The zero-order valence-corrected chi connectivity index (χ0v) is 7.90. The van der Waals surface area contributed by atoms with E-state index in [1.807, 2.05) is 30.5 Å². The molecular weight excluding hydrogens is 171 g/mol. The highest BCUT2D eigenvalue weighted by atomic mass is 32.2. The molecule has 0 aliphatic rings. The van der Waals surface area contributed by atoms with E-state index in [4.69, 9.17) is 0 Å². The fourth-order valence-electron chi connectivity index (χ4n) is 0.985. The molecule has 1 atom stereocenters. The fraction of sp³-hybridized carbons (Fsp3) is 0.300. The largest absolute Gasteiger partial charge is 0.250 e. The molecule has 0 aromatic heterocycles. The maximum Gasteiger partial charge on any atom is 0.0962 e. The number of rotatable bonds is 3. The minimum Gasteiger partial charge on any atom is -0.250 e. The smallest absolute Gasteiger partial charge is 0.0962 e. The molecule has 65 valence electrons. The quantitative estimate of drug-likeness (QED) is 0.648. The summed E-state index contributed by atoms with van der Waals surface area (Å²) >= 11 is 1.66. The molecule has 12 heavy (non-hydrogen) atoms. The molecule has 0 nitrogen and oxygen atoms in total. The first-order valence-corrected chi connectivity index (χ1v) is 5.03. The lowest BCUT2D eigenvalue weighted by Gasteiger charge is -2.07. The number of halogens is 1. The topological polar surface area (TPSA) is 0 Å². The van der Waals surface area contributed by atoms with Gasteiger partial charge in [0.1, 0.15) is 0 Å². The van der Waals surface area contributed by atoms with Gasteiger partial charge >= 0.3 is 0 Å². The van der Waals surface area contributed by atoms with Gasteiger partial charge in [-0.3, -0.25) is 4.39 Å². The van der Waals surface area contributed by atoms with Crippen LogP contribution in [0.3, 0.4) is 0 Å². The van der Waals surface area contributed by atoms with Crippen molar-refractivity contribution in [1.29, 1.82) is 0 Å². The minimum absolute atomic E-state index is 0.225. The number of alkyl halides is 1. The van der Waals surface area contributed by atoms with E-state index in [0.29, 0.717) is 0 Å². The number of hydrogen-bond acceptors (Lipinski definition) is 1. The molecule has 0 spiro atoms. The summed E-state index contributed by atoms with van der Waals surface area (Å²) in [6.07, 6.45) is 2.01.